The van der Waals surface area contributed by atoms with Crippen molar-refractivity contribution in [2.45, 2.75) is 25.1 Å². The molecule has 0 radical (unpaired) electrons. The van der Waals surface area contributed by atoms with E-state index in [2.05, 4.69) is 5.32 Å². The minimum absolute atomic E-state index is 0.0434. The number of benzene rings is 2. The number of carbonyl (C=O) groups excluding carboxylic acids is 3. The number of methoxy groups -OCH3 is 2. The van der Waals surface area contributed by atoms with Crippen molar-refractivity contribution in [2.75, 3.05) is 26.1 Å². The lowest BCUT2D eigenvalue weighted by molar-refractivity contribution is -0.149. The minimum Gasteiger partial charge on any atom is -0.495 e. The number of nitrogens with one attached hydrogen (secondary N) is 1. The lowest BCUT2D eigenvalue weighted by Gasteiger charge is -2.22. The topological polar surface area (TPSA) is 94.2 Å². The quantitative estimate of drug-likeness (QED) is 0.670. The molecule has 11 heteroatoms. The number of amides is 3. The third-order valence-electron chi connectivity index (χ3n) is 4.90. The number of hydrogen-bond acceptors (Lipinski definition) is 6. The van der Waals surface area contributed by atoms with Crippen LogP contribution in [0, 0.1) is 0 Å². The molecule has 1 N–H and O–H groups in total. The van der Waals surface area contributed by atoms with Crippen LogP contribution >= 0.6 is 0 Å². The van der Waals surface area contributed by atoms with Crippen LogP contribution in [0.3, 0.4) is 0 Å². The molecule has 0 aliphatic carbocycles. The first-order chi connectivity index (χ1) is 15.6. The molecule has 1 saturated heterocycles. The van der Waals surface area contributed by atoms with Gasteiger partial charge in [0.15, 0.2) is 0 Å². The summed E-state index contributed by atoms with van der Waals surface area (Å²) >= 11 is 0. The monoisotopic (exact) mass is 466 g/mol. The molecule has 2 aromatic rings. The van der Waals surface area contributed by atoms with E-state index in [-0.39, 0.29) is 42.4 Å². The fourth-order valence-electron chi connectivity index (χ4n) is 3.35. The maximum Gasteiger partial charge on any atom is 0.416 e. The first kappa shape index (κ1) is 24.1. The predicted molar refractivity (Wildman–Crippen MR) is 110 cm³/mol. The van der Waals surface area contributed by atoms with Crippen molar-refractivity contribution in [1.82, 2.24) is 4.90 Å². The second-order valence-corrected chi connectivity index (χ2v) is 7.12. The molecule has 1 atom stereocenters. The molecule has 0 unspecified atom stereocenters. The lowest BCUT2D eigenvalue weighted by Crippen LogP contribution is -2.46. The largest absolute Gasteiger partial charge is 0.495 e. The summed E-state index contributed by atoms with van der Waals surface area (Å²) in [5, 5.41) is 2.63. The van der Waals surface area contributed by atoms with Gasteiger partial charge in [0.2, 0.25) is 11.8 Å². The maximum absolute atomic E-state index is 12.8. The van der Waals surface area contributed by atoms with E-state index < -0.39 is 35.5 Å². The van der Waals surface area contributed by atoms with Gasteiger partial charge in [-0.05, 0) is 42.8 Å². The SMILES string of the molecule is COCC(=O)N1C(=O)CC[C@H]1C(=O)Nc1cc(Oc2ccc(C(F)(F)F)cc2)ccc1OC. The van der Waals surface area contributed by atoms with E-state index in [1.807, 2.05) is 0 Å². The Kier molecular flexibility index (Phi) is 7.22. The highest BCUT2D eigenvalue weighted by Gasteiger charge is 2.40. The second kappa shape index (κ2) is 9.90. The molecular weight excluding hydrogens is 445 g/mol. The summed E-state index contributed by atoms with van der Waals surface area (Å²) in [6, 6.07) is 7.57. The summed E-state index contributed by atoms with van der Waals surface area (Å²) in [5.74, 6) is -1.03. The number of hydrogen-bond donors (Lipinski definition) is 1. The van der Waals surface area contributed by atoms with Crippen LogP contribution in [0.2, 0.25) is 0 Å². The molecule has 3 rings (SSSR count). The lowest BCUT2D eigenvalue weighted by atomic mass is 10.2. The number of carbonyl (C=O) groups is 3. The number of nitrogens with zero attached hydrogens (tertiary/aromatic N) is 1. The van der Waals surface area contributed by atoms with E-state index in [0.29, 0.717) is 0 Å². The van der Waals surface area contributed by atoms with Crippen LogP contribution in [0.4, 0.5) is 18.9 Å². The number of anilines is 1. The molecule has 8 nitrogen and oxygen atoms in total. The predicted octanol–water partition coefficient (Wildman–Crippen LogP) is 3.61. The Bertz CT molecular complexity index is 1040. The Morgan fingerprint density at radius 2 is 1.76 bits per heavy atom. The van der Waals surface area contributed by atoms with E-state index in [1.54, 1.807) is 0 Å². The Hall–Kier alpha value is -3.60. The number of rotatable bonds is 7. The van der Waals surface area contributed by atoms with Crippen LogP contribution in [0.5, 0.6) is 17.2 Å². The van der Waals surface area contributed by atoms with Crippen molar-refractivity contribution in [3.8, 4) is 17.2 Å². The van der Waals surface area contributed by atoms with Crippen LogP contribution < -0.4 is 14.8 Å². The van der Waals surface area contributed by atoms with Gasteiger partial charge >= 0.3 is 6.18 Å². The second-order valence-electron chi connectivity index (χ2n) is 7.12. The molecule has 1 aliphatic rings. The number of alkyl halides is 3. The minimum atomic E-state index is -4.46. The standard InChI is InChI=1S/C22H21F3N2O6/c1-31-12-20(29)27-17(8-10-19(27)28)21(30)26-16-11-15(7-9-18(16)32-2)33-14-5-3-13(4-6-14)22(23,24)25/h3-7,9,11,17H,8,10,12H2,1-2H3,(H,26,30)/t17-/m0/s1. The Balaban J connectivity index is 1.77. The van der Waals surface area contributed by atoms with Crippen molar-refractivity contribution in [2.24, 2.45) is 0 Å². The molecule has 0 bridgehead atoms. The summed E-state index contributed by atoms with van der Waals surface area (Å²) in [6.45, 7) is -0.338. The Morgan fingerprint density at radius 3 is 2.36 bits per heavy atom. The molecule has 33 heavy (non-hydrogen) atoms. The van der Waals surface area contributed by atoms with Crippen LogP contribution in [-0.4, -0.2) is 49.5 Å². The van der Waals surface area contributed by atoms with Crippen molar-refractivity contribution in [1.29, 1.82) is 0 Å². The molecule has 0 aromatic heterocycles. The summed E-state index contributed by atoms with van der Waals surface area (Å²) in [5.41, 5.74) is -0.610. The zero-order valence-corrected chi connectivity index (χ0v) is 17.8. The highest BCUT2D eigenvalue weighted by atomic mass is 19.4. The molecule has 2 aromatic carbocycles. The molecule has 0 spiro atoms. The van der Waals surface area contributed by atoms with Crippen molar-refractivity contribution in [3.63, 3.8) is 0 Å². The zero-order valence-electron chi connectivity index (χ0n) is 17.8. The van der Waals surface area contributed by atoms with Gasteiger partial charge in [0.25, 0.3) is 5.91 Å². The average Bonchev–Trinajstić information content (AvgIpc) is 3.15. The van der Waals surface area contributed by atoms with Gasteiger partial charge in [-0.2, -0.15) is 13.2 Å². The smallest absolute Gasteiger partial charge is 0.416 e. The average molecular weight is 466 g/mol. The van der Waals surface area contributed by atoms with Gasteiger partial charge in [-0.15, -0.1) is 0 Å². The first-order valence-corrected chi connectivity index (χ1v) is 9.82. The van der Waals surface area contributed by atoms with Crippen LogP contribution in [0.15, 0.2) is 42.5 Å². The van der Waals surface area contributed by atoms with Gasteiger partial charge in [0, 0.05) is 19.6 Å². The Labute approximate surface area is 187 Å². The van der Waals surface area contributed by atoms with Crippen molar-refractivity contribution in [3.05, 3.63) is 48.0 Å². The molecule has 0 saturated carbocycles. The van der Waals surface area contributed by atoms with Gasteiger partial charge in [-0.25, -0.2) is 0 Å². The van der Waals surface area contributed by atoms with Crippen LogP contribution in [-0.2, 0) is 25.3 Å². The highest BCUT2D eigenvalue weighted by molar-refractivity contribution is 6.06. The summed E-state index contributed by atoms with van der Waals surface area (Å²) in [4.78, 5) is 38.0. The highest BCUT2D eigenvalue weighted by Crippen LogP contribution is 2.34. The molecule has 1 heterocycles. The van der Waals surface area contributed by atoms with Gasteiger partial charge in [-0.1, -0.05) is 0 Å². The third-order valence-corrected chi connectivity index (χ3v) is 4.90. The van der Waals surface area contributed by atoms with Crippen molar-refractivity contribution >= 4 is 23.4 Å². The molecular formula is C22H21F3N2O6. The van der Waals surface area contributed by atoms with E-state index >= 15 is 0 Å². The van der Waals surface area contributed by atoms with E-state index in [0.717, 1.165) is 17.0 Å². The van der Waals surface area contributed by atoms with Gasteiger partial charge in [0.05, 0.1) is 18.4 Å². The van der Waals surface area contributed by atoms with Crippen LogP contribution in [0.1, 0.15) is 18.4 Å². The van der Waals surface area contributed by atoms with Crippen molar-refractivity contribution < 1.29 is 41.8 Å². The fourth-order valence-corrected chi connectivity index (χ4v) is 3.35. The molecule has 1 aliphatic heterocycles. The number of halogens is 3. The number of imide groups is 1. The zero-order chi connectivity index (χ0) is 24.2. The van der Waals surface area contributed by atoms with E-state index in [9.17, 15) is 27.6 Å². The number of ether oxygens (including phenoxy) is 3. The summed E-state index contributed by atoms with van der Waals surface area (Å²) in [7, 11) is 2.69. The van der Waals surface area contributed by atoms with E-state index in [1.165, 1.54) is 44.6 Å². The third kappa shape index (κ3) is 5.61. The fraction of sp³-hybridized carbons (Fsp3) is 0.318. The van der Waals surface area contributed by atoms with Crippen LogP contribution in [0.25, 0.3) is 0 Å². The van der Waals surface area contributed by atoms with Gasteiger partial charge in [-0.3, -0.25) is 19.3 Å². The molecule has 1 fully saturated rings. The van der Waals surface area contributed by atoms with Gasteiger partial charge in [0.1, 0.15) is 29.9 Å². The molecule has 3 amide bonds. The van der Waals surface area contributed by atoms with E-state index in [4.69, 9.17) is 14.2 Å². The normalized spacial score (nSPS) is 16.0. The van der Waals surface area contributed by atoms with Gasteiger partial charge < -0.3 is 19.5 Å². The number of likely N-dealkylation sites (tertiary alicyclic amines) is 1. The molecule has 176 valence electrons. The summed E-state index contributed by atoms with van der Waals surface area (Å²) in [6.07, 6.45) is -4.26. The maximum atomic E-state index is 12.8. The summed E-state index contributed by atoms with van der Waals surface area (Å²) < 4.78 is 53.8. The Morgan fingerprint density at radius 1 is 1.09 bits per heavy atom. The first-order valence-electron chi connectivity index (χ1n) is 9.82.